The van der Waals surface area contributed by atoms with Crippen LogP contribution >= 0.6 is 0 Å². The van der Waals surface area contributed by atoms with Gasteiger partial charge in [0.15, 0.2) is 0 Å². The zero-order valence-electron chi connectivity index (χ0n) is 27.8. The Morgan fingerprint density at radius 2 is 1.72 bits per heavy atom. The van der Waals surface area contributed by atoms with Gasteiger partial charge in [-0.3, -0.25) is 14.4 Å². The van der Waals surface area contributed by atoms with E-state index in [1.807, 2.05) is 39.0 Å². The molecular weight excluding hydrogens is 580 g/mol. The minimum absolute atomic E-state index is 0.0360. The van der Waals surface area contributed by atoms with E-state index in [-0.39, 0.29) is 42.2 Å². The molecule has 3 aliphatic rings. The number of ether oxygens (including phenoxy) is 2. The van der Waals surface area contributed by atoms with Gasteiger partial charge in [-0.15, -0.1) is 0 Å². The number of benzene rings is 2. The number of H-pyrrole nitrogens is 1. The van der Waals surface area contributed by atoms with Gasteiger partial charge < -0.3 is 30.0 Å². The van der Waals surface area contributed by atoms with Gasteiger partial charge in [0.05, 0.1) is 17.6 Å². The molecule has 244 valence electrons. The Bertz CT molecular complexity index is 1710. The lowest BCUT2D eigenvalue weighted by Crippen LogP contribution is -2.44. The smallest absolute Gasteiger partial charge is 0.253 e. The van der Waals surface area contributed by atoms with Crippen molar-refractivity contribution in [3.63, 3.8) is 0 Å². The molecule has 2 atom stereocenters. The van der Waals surface area contributed by atoms with E-state index in [2.05, 4.69) is 59.5 Å². The monoisotopic (exact) mass is 626 g/mol. The lowest BCUT2D eigenvalue weighted by molar-refractivity contribution is -0.124. The van der Waals surface area contributed by atoms with E-state index in [0.717, 1.165) is 64.3 Å². The van der Waals surface area contributed by atoms with Crippen LogP contribution in [0.1, 0.15) is 84.8 Å². The molecule has 2 saturated heterocycles. The number of anilines is 2. The molecule has 9 heteroatoms. The van der Waals surface area contributed by atoms with Crippen LogP contribution < -0.4 is 21.1 Å². The average molecular weight is 627 g/mol. The van der Waals surface area contributed by atoms with Crippen molar-refractivity contribution in [3.05, 3.63) is 80.3 Å². The van der Waals surface area contributed by atoms with Crippen LogP contribution in [0.15, 0.2) is 41.2 Å². The van der Waals surface area contributed by atoms with E-state index in [0.29, 0.717) is 37.2 Å². The second-order valence-corrected chi connectivity index (χ2v) is 13.4. The van der Waals surface area contributed by atoms with Gasteiger partial charge in [0.25, 0.3) is 11.5 Å². The molecule has 46 heavy (non-hydrogen) atoms. The van der Waals surface area contributed by atoms with Gasteiger partial charge >= 0.3 is 0 Å². The number of carbonyl (C=O) groups excluding carboxylic acids is 2. The first-order chi connectivity index (χ1) is 22.0. The van der Waals surface area contributed by atoms with Crippen molar-refractivity contribution in [1.82, 2.24) is 10.3 Å². The number of amides is 2. The first kappa shape index (κ1) is 32.0. The summed E-state index contributed by atoms with van der Waals surface area (Å²) >= 11 is 0. The Balaban J connectivity index is 1.41. The lowest BCUT2D eigenvalue weighted by atomic mass is 9.75. The van der Waals surface area contributed by atoms with Gasteiger partial charge in [-0.25, -0.2) is 0 Å². The molecule has 3 aromatic rings. The maximum absolute atomic E-state index is 14.0. The SMILES string of the molecule is CCN(c1cc(-c2ccc3c(c2)NC(=O)C32CCOCC2)cc(C(=O)NCc2c(C)cc(C)[nH]c2=O)c1C)C1CC(C)OC(C)C1. The van der Waals surface area contributed by atoms with Crippen LogP contribution in [0.4, 0.5) is 11.4 Å². The highest BCUT2D eigenvalue weighted by molar-refractivity contribution is 6.07. The zero-order chi connectivity index (χ0) is 32.7. The van der Waals surface area contributed by atoms with Gasteiger partial charge in [0, 0.05) is 60.5 Å². The predicted octanol–water partition coefficient (Wildman–Crippen LogP) is 5.68. The van der Waals surface area contributed by atoms with Gasteiger partial charge in [-0.1, -0.05) is 12.1 Å². The summed E-state index contributed by atoms with van der Waals surface area (Å²) in [4.78, 5) is 45.2. The Kier molecular flexibility index (Phi) is 8.83. The van der Waals surface area contributed by atoms with Crippen LogP contribution in [0.25, 0.3) is 11.1 Å². The fraction of sp³-hybridized carbons (Fsp3) is 0.486. The Hall–Kier alpha value is -3.95. The average Bonchev–Trinajstić information content (AvgIpc) is 3.26. The van der Waals surface area contributed by atoms with Gasteiger partial charge in [0.1, 0.15) is 0 Å². The maximum atomic E-state index is 14.0. The number of hydrogen-bond donors (Lipinski definition) is 3. The summed E-state index contributed by atoms with van der Waals surface area (Å²) < 4.78 is 11.7. The molecule has 3 N–H and O–H groups in total. The first-order valence-electron chi connectivity index (χ1n) is 16.6. The van der Waals surface area contributed by atoms with E-state index < -0.39 is 5.41 Å². The van der Waals surface area contributed by atoms with E-state index in [9.17, 15) is 14.4 Å². The number of nitrogens with one attached hydrogen (secondary N) is 3. The van der Waals surface area contributed by atoms with Gasteiger partial charge in [0.2, 0.25) is 5.91 Å². The zero-order valence-corrected chi connectivity index (χ0v) is 27.8. The summed E-state index contributed by atoms with van der Waals surface area (Å²) in [6.45, 7) is 14.2. The van der Waals surface area contributed by atoms with Crippen molar-refractivity contribution in [2.45, 2.75) is 97.4 Å². The summed E-state index contributed by atoms with van der Waals surface area (Å²) in [6, 6.07) is 12.5. The highest BCUT2D eigenvalue weighted by Gasteiger charge is 2.47. The van der Waals surface area contributed by atoms with Crippen LogP contribution in [0.5, 0.6) is 0 Å². The van der Waals surface area contributed by atoms with Gasteiger partial charge in [-0.05, 0) is 119 Å². The highest BCUT2D eigenvalue weighted by atomic mass is 16.5. The quantitative estimate of drug-likeness (QED) is 0.311. The first-order valence-corrected chi connectivity index (χ1v) is 16.6. The molecule has 0 saturated carbocycles. The van der Waals surface area contributed by atoms with Crippen LogP contribution in [0, 0.1) is 20.8 Å². The summed E-state index contributed by atoms with van der Waals surface area (Å²) in [5.41, 5.74) is 7.57. The Labute approximate surface area is 271 Å². The molecule has 2 fully saturated rings. The predicted molar refractivity (Wildman–Crippen MR) is 181 cm³/mol. The molecule has 2 unspecified atom stereocenters. The Morgan fingerprint density at radius 3 is 2.39 bits per heavy atom. The number of carbonyl (C=O) groups is 2. The summed E-state index contributed by atoms with van der Waals surface area (Å²) in [5.74, 6) is -0.200. The molecule has 1 spiro atoms. The van der Waals surface area contributed by atoms with Gasteiger partial charge in [-0.2, -0.15) is 0 Å². The number of aromatic amines is 1. The number of rotatable bonds is 7. The van der Waals surface area contributed by atoms with Crippen LogP contribution in [-0.4, -0.2) is 54.8 Å². The van der Waals surface area contributed by atoms with Crippen molar-refractivity contribution < 1.29 is 19.1 Å². The lowest BCUT2D eigenvalue weighted by Gasteiger charge is -2.41. The van der Waals surface area contributed by atoms with Crippen molar-refractivity contribution in [1.29, 1.82) is 0 Å². The molecule has 0 bridgehead atoms. The maximum Gasteiger partial charge on any atom is 0.253 e. The number of fused-ring (bicyclic) bond motifs is 2. The summed E-state index contributed by atoms with van der Waals surface area (Å²) in [6.07, 6.45) is 3.41. The fourth-order valence-corrected chi connectivity index (χ4v) is 7.84. The fourth-order valence-electron chi connectivity index (χ4n) is 7.84. The van der Waals surface area contributed by atoms with E-state index in [1.54, 1.807) is 0 Å². The number of pyridine rings is 1. The van der Waals surface area contributed by atoms with Crippen LogP contribution in [0.2, 0.25) is 0 Å². The van der Waals surface area contributed by atoms with Crippen molar-refractivity contribution in [2.24, 2.45) is 0 Å². The molecule has 4 heterocycles. The third-order valence-electron chi connectivity index (χ3n) is 10.2. The number of hydrogen-bond acceptors (Lipinski definition) is 6. The normalized spacial score (nSPS) is 22.0. The molecule has 9 nitrogen and oxygen atoms in total. The van der Waals surface area contributed by atoms with Crippen LogP contribution in [-0.2, 0) is 26.2 Å². The van der Waals surface area contributed by atoms with Crippen molar-refractivity contribution in [3.8, 4) is 11.1 Å². The molecular formula is C37H46N4O5. The molecule has 3 aliphatic heterocycles. The second-order valence-electron chi connectivity index (χ2n) is 13.4. The largest absolute Gasteiger partial charge is 0.381 e. The summed E-state index contributed by atoms with van der Waals surface area (Å²) in [7, 11) is 0. The Morgan fingerprint density at radius 1 is 1.00 bits per heavy atom. The second kappa shape index (κ2) is 12.7. The number of nitrogens with zero attached hydrogens (tertiary/aromatic N) is 1. The van der Waals surface area contributed by atoms with Crippen molar-refractivity contribution >= 4 is 23.2 Å². The van der Waals surface area contributed by atoms with Crippen molar-refractivity contribution in [2.75, 3.05) is 30.0 Å². The third-order valence-corrected chi connectivity index (χ3v) is 10.2. The minimum Gasteiger partial charge on any atom is -0.381 e. The van der Waals surface area contributed by atoms with Crippen LogP contribution in [0.3, 0.4) is 0 Å². The molecule has 2 amide bonds. The molecule has 6 rings (SSSR count). The molecule has 1 aromatic heterocycles. The molecule has 2 aromatic carbocycles. The molecule has 0 aliphatic carbocycles. The summed E-state index contributed by atoms with van der Waals surface area (Å²) in [5, 5.41) is 6.18. The molecule has 0 radical (unpaired) electrons. The third kappa shape index (κ3) is 5.86. The van der Waals surface area contributed by atoms with E-state index in [1.165, 1.54) is 0 Å². The number of aromatic nitrogens is 1. The number of aryl methyl sites for hydroxylation is 2. The standard InChI is InChI=1S/C37H46N4O5/c1-7-41(28-15-23(4)46-24(5)16-28)33-19-27(26-8-9-31-32(18-26)40-36(44)37(31)10-12-45-13-11-37)17-29(25(33)6)34(42)38-20-30-21(2)14-22(3)39-35(30)43/h8-9,14,17-19,23-24,28H,7,10-13,15-16,20H2,1-6H3,(H,38,42)(H,39,43)(H,40,44). The highest BCUT2D eigenvalue weighted by Crippen LogP contribution is 2.46. The van der Waals surface area contributed by atoms with E-state index >= 15 is 0 Å². The topological polar surface area (TPSA) is 113 Å². The van der Waals surface area contributed by atoms with E-state index in [4.69, 9.17) is 9.47 Å². The minimum atomic E-state index is -0.545.